The zero-order valence-electron chi connectivity index (χ0n) is 10.9. The molecule has 0 aromatic carbocycles. The van der Waals surface area contributed by atoms with E-state index in [9.17, 15) is 4.79 Å². The highest BCUT2D eigenvalue weighted by molar-refractivity contribution is 7.10. The first-order valence-corrected chi connectivity index (χ1v) is 6.94. The van der Waals surface area contributed by atoms with E-state index in [-0.39, 0.29) is 18.5 Å². The Morgan fingerprint density at radius 2 is 2.42 bits per heavy atom. The second-order valence-corrected chi connectivity index (χ2v) is 5.48. The van der Waals surface area contributed by atoms with Gasteiger partial charge in [-0.25, -0.2) is 0 Å². The molecule has 0 aliphatic carbocycles. The standard InChI is InChI=1S/C13H17N3O2S/c1-9(10-7-14-16(2)8-10)15-11(6-13(17)18)12-4-3-5-19-12/h3-5,7-9,11,15H,6H2,1-2H3,(H,17,18). The number of carboxylic acid groups (broad SMARTS) is 1. The Labute approximate surface area is 115 Å². The van der Waals surface area contributed by atoms with Gasteiger partial charge in [0.25, 0.3) is 0 Å². The Bertz CT molecular complexity index is 536. The van der Waals surface area contributed by atoms with Crippen molar-refractivity contribution in [3.63, 3.8) is 0 Å². The normalized spacial score (nSPS) is 14.2. The molecule has 0 saturated carbocycles. The summed E-state index contributed by atoms with van der Waals surface area (Å²) in [6, 6.07) is 3.78. The molecule has 0 amide bonds. The lowest BCUT2D eigenvalue weighted by atomic mass is 10.1. The molecule has 2 atom stereocenters. The minimum atomic E-state index is -0.802. The molecule has 0 bridgehead atoms. The van der Waals surface area contributed by atoms with E-state index in [0.29, 0.717) is 0 Å². The maximum atomic E-state index is 11.0. The summed E-state index contributed by atoms with van der Waals surface area (Å²) in [7, 11) is 1.87. The highest BCUT2D eigenvalue weighted by Crippen LogP contribution is 2.25. The van der Waals surface area contributed by atoms with E-state index < -0.39 is 5.97 Å². The number of aromatic nitrogens is 2. The molecule has 2 unspecified atom stereocenters. The second kappa shape index (κ2) is 5.99. The summed E-state index contributed by atoms with van der Waals surface area (Å²) in [5.41, 5.74) is 1.05. The van der Waals surface area contributed by atoms with E-state index in [4.69, 9.17) is 5.11 Å². The summed E-state index contributed by atoms with van der Waals surface area (Å²) >= 11 is 1.57. The van der Waals surface area contributed by atoms with Crippen LogP contribution in [-0.2, 0) is 11.8 Å². The van der Waals surface area contributed by atoms with Gasteiger partial charge in [-0.15, -0.1) is 11.3 Å². The molecule has 0 radical (unpaired) electrons. The highest BCUT2D eigenvalue weighted by atomic mass is 32.1. The molecule has 0 aliphatic rings. The molecule has 2 rings (SSSR count). The molecule has 6 heteroatoms. The minimum Gasteiger partial charge on any atom is -0.481 e. The van der Waals surface area contributed by atoms with Crippen LogP contribution in [0.5, 0.6) is 0 Å². The topological polar surface area (TPSA) is 67.2 Å². The summed E-state index contributed by atoms with van der Waals surface area (Å²) in [6.45, 7) is 2.01. The number of nitrogens with zero attached hydrogens (tertiary/aromatic N) is 2. The largest absolute Gasteiger partial charge is 0.481 e. The van der Waals surface area contributed by atoms with Gasteiger partial charge in [0.05, 0.1) is 18.7 Å². The van der Waals surface area contributed by atoms with Gasteiger partial charge in [-0.05, 0) is 18.4 Å². The van der Waals surface area contributed by atoms with Crippen LogP contribution in [0.3, 0.4) is 0 Å². The lowest BCUT2D eigenvalue weighted by molar-refractivity contribution is -0.137. The highest BCUT2D eigenvalue weighted by Gasteiger charge is 2.19. The SMILES string of the molecule is CC(NC(CC(=O)O)c1cccs1)c1cnn(C)c1. The van der Waals surface area contributed by atoms with Gasteiger partial charge in [0, 0.05) is 29.7 Å². The van der Waals surface area contributed by atoms with Crippen LogP contribution in [0.2, 0.25) is 0 Å². The van der Waals surface area contributed by atoms with Crippen LogP contribution in [-0.4, -0.2) is 20.9 Å². The zero-order chi connectivity index (χ0) is 13.8. The first kappa shape index (κ1) is 13.8. The molecule has 0 saturated heterocycles. The molecule has 5 nitrogen and oxygen atoms in total. The predicted molar refractivity (Wildman–Crippen MR) is 74.1 cm³/mol. The smallest absolute Gasteiger partial charge is 0.305 e. The van der Waals surface area contributed by atoms with Crippen molar-refractivity contribution in [3.8, 4) is 0 Å². The Hall–Kier alpha value is -1.66. The van der Waals surface area contributed by atoms with Crippen LogP contribution in [0.1, 0.15) is 35.9 Å². The van der Waals surface area contributed by atoms with Crippen molar-refractivity contribution in [1.29, 1.82) is 0 Å². The molecule has 2 aromatic heterocycles. The fourth-order valence-electron chi connectivity index (χ4n) is 1.97. The van der Waals surface area contributed by atoms with Crippen molar-refractivity contribution < 1.29 is 9.90 Å². The van der Waals surface area contributed by atoms with Crippen molar-refractivity contribution in [2.24, 2.45) is 7.05 Å². The third-order valence-corrected chi connectivity index (χ3v) is 3.93. The average Bonchev–Trinajstić information content (AvgIpc) is 2.97. The Morgan fingerprint density at radius 3 is 2.95 bits per heavy atom. The Morgan fingerprint density at radius 1 is 1.63 bits per heavy atom. The van der Waals surface area contributed by atoms with Crippen LogP contribution in [0.15, 0.2) is 29.9 Å². The van der Waals surface area contributed by atoms with Gasteiger partial charge in [0.15, 0.2) is 0 Å². The van der Waals surface area contributed by atoms with Crippen LogP contribution in [0.4, 0.5) is 0 Å². The fourth-order valence-corrected chi connectivity index (χ4v) is 2.75. The zero-order valence-corrected chi connectivity index (χ0v) is 11.7. The summed E-state index contributed by atoms with van der Waals surface area (Å²) in [5.74, 6) is -0.802. The van der Waals surface area contributed by atoms with Gasteiger partial charge in [0.1, 0.15) is 0 Å². The minimum absolute atomic E-state index is 0.0557. The number of hydrogen-bond acceptors (Lipinski definition) is 4. The van der Waals surface area contributed by atoms with Crippen molar-refractivity contribution in [1.82, 2.24) is 15.1 Å². The summed E-state index contributed by atoms with van der Waals surface area (Å²) in [4.78, 5) is 12.0. The average molecular weight is 279 g/mol. The number of thiophene rings is 1. The van der Waals surface area contributed by atoms with Gasteiger partial charge >= 0.3 is 5.97 Å². The van der Waals surface area contributed by atoms with Crippen molar-refractivity contribution in [3.05, 3.63) is 40.3 Å². The van der Waals surface area contributed by atoms with E-state index in [1.165, 1.54) is 0 Å². The Kier molecular flexibility index (Phi) is 4.34. The maximum Gasteiger partial charge on any atom is 0.305 e. The second-order valence-electron chi connectivity index (χ2n) is 4.50. The van der Waals surface area contributed by atoms with E-state index >= 15 is 0 Å². The number of hydrogen-bond donors (Lipinski definition) is 2. The summed E-state index contributed by atoms with van der Waals surface area (Å²) in [5, 5.41) is 18.5. The van der Waals surface area contributed by atoms with E-state index in [2.05, 4.69) is 10.4 Å². The van der Waals surface area contributed by atoms with E-state index in [1.54, 1.807) is 22.2 Å². The molecule has 0 aliphatic heterocycles. The van der Waals surface area contributed by atoms with E-state index in [0.717, 1.165) is 10.4 Å². The lowest BCUT2D eigenvalue weighted by Crippen LogP contribution is -2.26. The molecule has 0 fully saturated rings. The number of rotatable bonds is 6. The molecule has 102 valence electrons. The van der Waals surface area contributed by atoms with Crippen molar-refractivity contribution in [2.45, 2.75) is 25.4 Å². The summed E-state index contributed by atoms with van der Waals surface area (Å²) in [6.07, 6.45) is 3.80. The van der Waals surface area contributed by atoms with E-state index in [1.807, 2.05) is 37.7 Å². The van der Waals surface area contributed by atoms with Crippen molar-refractivity contribution in [2.75, 3.05) is 0 Å². The van der Waals surface area contributed by atoms with Gasteiger partial charge in [-0.3, -0.25) is 9.48 Å². The molecule has 2 heterocycles. The van der Waals surface area contributed by atoms with Crippen LogP contribution >= 0.6 is 11.3 Å². The first-order chi connectivity index (χ1) is 9.06. The fraction of sp³-hybridized carbons (Fsp3) is 0.385. The maximum absolute atomic E-state index is 11.0. The third kappa shape index (κ3) is 3.65. The number of nitrogens with one attached hydrogen (secondary N) is 1. The molecule has 2 aromatic rings. The van der Waals surface area contributed by atoms with Crippen LogP contribution in [0.25, 0.3) is 0 Å². The van der Waals surface area contributed by atoms with Gasteiger partial charge in [-0.2, -0.15) is 5.10 Å². The van der Waals surface area contributed by atoms with Gasteiger partial charge in [0.2, 0.25) is 0 Å². The third-order valence-electron chi connectivity index (χ3n) is 2.94. The summed E-state index contributed by atoms with van der Waals surface area (Å²) < 4.78 is 1.74. The number of aliphatic carboxylic acids is 1. The van der Waals surface area contributed by atoms with Crippen molar-refractivity contribution >= 4 is 17.3 Å². The molecule has 19 heavy (non-hydrogen) atoms. The van der Waals surface area contributed by atoms with Crippen LogP contribution in [0, 0.1) is 0 Å². The molecule has 2 N–H and O–H groups in total. The quantitative estimate of drug-likeness (QED) is 0.851. The lowest BCUT2D eigenvalue weighted by Gasteiger charge is -2.20. The molecular weight excluding hydrogens is 262 g/mol. The predicted octanol–water partition coefficient (Wildman–Crippen LogP) is 2.35. The number of carboxylic acids is 1. The number of aryl methyl sites for hydroxylation is 1. The van der Waals surface area contributed by atoms with Crippen LogP contribution < -0.4 is 5.32 Å². The first-order valence-electron chi connectivity index (χ1n) is 6.06. The number of carbonyl (C=O) groups is 1. The molecule has 0 spiro atoms. The Balaban J connectivity index is 2.09. The van der Waals surface area contributed by atoms with Gasteiger partial charge in [-0.1, -0.05) is 6.07 Å². The monoisotopic (exact) mass is 279 g/mol. The van der Waals surface area contributed by atoms with Gasteiger partial charge < -0.3 is 10.4 Å². The molecular formula is C13H17N3O2S.